The summed E-state index contributed by atoms with van der Waals surface area (Å²) in [6, 6.07) is 13.1. The van der Waals surface area contributed by atoms with Gasteiger partial charge in [0.15, 0.2) is 0 Å². The molecule has 2 rings (SSSR count). The van der Waals surface area contributed by atoms with Gasteiger partial charge in [-0.1, -0.05) is 24.3 Å². The smallest absolute Gasteiger partial charge is 0.0951 e. The standard InChI is InChI=1S/C15H18N2/c1-2-13-8-10-15(11-9-13)17-12-16-14-6-4-3-5-7-14/h2-7,13,15H,1,8-11H2. The third-order valence-electron chi connectivity index (χ3n) is 3.25. The van der Waals surface area contributed by atoms with E-state index in [-0.39, 0.29) is 0 Å². The molecule has 1 aromatic carbocycles. The molecule has 88 valence electrons. The van der Waals surface area contributed by atoms with Crippen molar-refractivity contribution in [3.63, 3.8) is 0 Å². The van der Waals surface area contributed by atoms with Gasteiger partial charge in [0.2, 0.25) is 0 Å². The average molecular weight is 226 g/mol. The Morgan fingerprint density at radius 2 is 1.82 bits per heavy atom. The summed E-state index contributed by atoms with van der Waals surface area (Å²) >= 11 is 0. The molecule has 0 heterocycles. The fourth-order valence-electron chi connectivity index (χ4n) is 2.14. The van der Waals surface area contributed by atoms with Gasteiger partial charge in [-0.15, -0.1) is 6.58 Å². The third kappa shape index (κ3) is 3.69. The molecule has 0 aliphatic heterocycles. The average Bonchev–Trinajstić information content (AvgIpc) is 2.41. The zero-order valence-corrected chi connectivity index (χ0v) is 10.0. The first kappa shape index (κ1) is 11.8. The van der Waals surface area contributed by atoms with Gasteiger partial charge in [-0.3, -0.25) is 0 Å². The highest BCUT2D eigenvalue weighted by Crippen LogP contribution is 2.26. The van der Waals surface area contributed by atoms with Crippen LogP contribution in [0.5, 0.6) is 0 Å². The Hall–Kier alpha value is -1.66. The molecule has 0 spiro atoms. The summed E-state index contributed by atoms with van der Waals surface area (Å²) in [5.41, 5.74) is 0.913. The molecule has 2 nitrogen and oxygen atoms in total. The van der Waals surface area contributed by atoms with Crippen LogP contribution in [0.1, 0.15) is 25.7 Å². The van der Waals surface area contributed by atoms with E-state index in [4.69, 9.17) is 0 Å². The zero-order valence-electron chi connectivity index (χ0n) is 10.0. The SMILES string of the molecule is C=CC1CCC(N=C=Nc2ccccc2)CC1. The van der Waals surface area contributed by atoms with Crippen molar-refractivity contribution in [2.24, 2.45) is 15.9 Å². The quantitative estimate of drug-likeness (QED) is 0.544. The largest absolute Gasteiger partial charge is 0.222 e. The molecule has 0 aromatic heterocycles. The second-order valence-electron chi connectivity index (χ2n) is 4.48. The van der Waals surface area contributed by atoms with Gasteiger partial charge in [-0.25, -0.2) is 4.99 Å². The lowest BCUT2D eigenvalue weighted by molar-refractivity contribution is 0.378. The van der Waals surface area contributed by atoms with Crippen LogP contribution in [0.3, 0.4) is 0 Å². The van der Waals surface area contributed by atoms with E-state index in [0.29, 0.717) is 12.0 Å². The lowest BCUT2D eigenvalue weighted by Gasteiger charge is -2.22. The van der Waals surface area contributed by atoms with Crippen LogP contribution >= 0.6 is 0 Å². The molecule has 0 bridgehead atoms. The number of hydrogen-bond acceptors (Lipinski definition) is 2. The van der Waals surface area contributed by atoms with Crippen LogP contribution in [0.15, 0.2) is 53.0 Å². The summed E-state index contributed by atoms with van der Waals surface area (Å²) in [5, 5.41) is 0. The summed E-state index contributed by atoms with van der Waals surface area (Å²) in [7, 11) is 0. The van der Waals surface area contributed by atoms with E-state index in [1.807, 2.05) is 30.3 Å². The van der Waals surface area contributed by atoms with E-state index < -0.39 is 0 Å². The first-order chi connectivity index (χ1) is 8.38. The Kier molecular flexibility index (Phi) is 4.29. The predicted molar refractivity (Wildman–Crippen MR) is 71.9 cm³/mol. The number of aliphatic imine (C=N–C) groups is 2. The van der Waals surface area contributed by atoms with Crippen molar-refractivity contribution in [1.29, 1.82) is 0 Å². The van der Waals surface area contributed by atoms with Crippen LogP contribution in [0.25, 0.3) is 0 Å². The van der Waals surface area contributed by atoms with Crippen LogP contribution in [0.4, 0.5) is 5.69 Å². The van der Waals surface area contributed by atoms with Crippen molar-refractivity contribution in [3.8, 4) is 0 Å². The van der Waals surface area contributed by atoms with Gasteiger partial charge in [0.1, 0.15) is 0 Å². The molecule has 0 unspecified atom stereocenters. The molecule has 0 atom stereocenters. The molecule has 0 saturated heterocycles. The highest BCUT2D eigenvalue weighted by atomic mass is 14.8. The Bertz CT molecular complexity index is 408. The number of para-hydroxylation sites is 1. The van der Waals surface area contributed by atoms with Crippen molar-refractivity contribution >= 4 is 11.7 Å². The number of allylic oxidation sites excluding steroid dienone is 1. The van der Waals surface area contributed by atoms with E-state index in [2.05, 4.69) is 28.6 Å². The van der Waals surface area contributed by atoms with Gasteiger partial charge < -0.3 is 0 Å². The Labute approximate surface area is 103 Å². The third-order valence-corrected chi connectivity index (χ3v) is 3.25. The molecule has 0 radical (unpaired) electrons. The summed E-state index contributed by atoms with van der Waals surface area (Å²) in [4.78, 5) is 8.60. The lowest BCUT2D eigenvalue weighted by atomic mass is 9.86. The van der Waals surface area contributed by atoms with Crippen LogP contribution in [0, 0.1) is 5.92 Å². The lowest BCUT2D eigenvalue weighted by Crippen LogP contribution is -2.15. The van der Waals surface area contributed by atoms with E-state index in [9.17, 15) is 0 Å². The van der Waals surface area contributed by atoms with Crippen molar-refractivity contribution in [3.05, 3.63) is 43.0 Å². The second kappa shape index (κ2) is 6.17. The highest BCUT2D eigenvalue weighted by molar-refractivity contribution is 5.52. The molecular weight excluding hydrogens is 208 g/mol. The van der Waals surface area contributed by atoms with E-state index in [0.717, 1.165) is 18.5 Å². The maximum absolute atomic E-state index is 4.40. The number of nitrogens with zero attached hydrogens (tertiary/aromatic N) is 2. The van der Waals surface area contributed by atoms with Crippen molar-refractivity contribution < 1.29 is 0 Å². The Balaban J connectivity index is 1.89. The minimum Gasteiger partial charge on any atom is -0.222 e. The van der Waals surface area contributed by atoms with Crippen LogP contribution in [-0.2, 0) is 0 Å². The Morgan fingerprint density at radius 3 is 2.47 bits per heavy atom. The molecule has 1 aromatic rings. The fraction of sp³-hybridized carbons (Fsp3) is 0.400. The van der Waals surface area contributed by atoms with Gasteiger partial charge in [0.05, 0.1) is 17.7 Å². The highest BCUT2D eigenvalue weighted by Gasteiger charge is 2.17. The minimum absolute atomic E-state index is 0.402. The summed E-state index contributed by atoms with van der Waals surface area (Å²) in [6.07, 6.45) is 6.73. The van der Waals surface area contributed by atoms with Gasteiger partial charge in [0, 0.05) is 0 Å². The van der Waals surface area contributed by atoms with Crippen LogP contribution in [0.2, 0.25) is 0 Å². The molecular formula is C15H18N2. The van der Waals surface area contributed by atoms with E-state index in [1.165, 1.54) is 12.8 Å². The number of rotatable bonds is 3. The molecule has 1 aliphatic carbocycles. The van der Waals surface area contributed by atoms with Crippen LogP contribution in [-0.4, -0.2) is 12.1 Å². The maximum Gasteiger partial charge on any atom is 0.0951 e. The van der Waals surface area contributed by atoms with Gasteiger partial charge in [0.25, 0.3) is 0 Å². The van der Waals surface area contributed by atoms with E-state index >= 15 is 0 Å². The molecule has 2 heteroatoms. The topological polar surface area (TPSA) is 24.7 Å². The summed E-state index contributed by atoms with van der Waals surface area (Å²) in [6.45, 7) is 3.85. The summed E-state index contributed by atoms with van der Waals surface area (Å²) < 4.78 is 0. The number of hydrogen-bond donors (Lipinski definition) is 0. The molecule has 0 amide bonds. The minimum atomic E-state index is 0.402. The summed E-state index contributed by atoms with van der Waals surface area (Å²) in [5.74, 6) is 0.688. The normalized spacial score (nSPS) is 23.5. The monoisotopic (exact) mass is 226 g/mol. The fourth-order valence-corrected chi connectivity index (χ4v) is 2.14. The zero-order chi connectivity index (χ0) is 11.9. The molecule has 17 heavy (non-hydrogen) atoms. The molecule has 1 fully saturated rings. The van der Waals surface area contributed by atoms with Gasteiger partial charge in [-0.05, 0) is 43.7 Å². The van der Waals surface area contributed by atoms with Crippen molar-refractivity contribution in [2.75, 3.05) is 0 Å². The molecule has 0 N–H and O–H groups in total. The van der Waals surface area contributed by atoms with Crippen LogP contribution < -0.4 is 0 Å². The van der Waals surface area contributed by atoms with Gasteiger partial charge in [-0.2, -0.15) is 4.99 Å². The first-order valence-electron chi connectivity index (χ1n) is 6.21. The van der Waals surface area contributed by atoms with Gasteiger partial charge >= 0.3 is 0 Å². The van der Waals surface area contributed by atoms with E-state index in [1.54, 1.807) is 0 Å². The first-order valence-corrected chi connectivity index (χ1v) is 6.21. The van der Waals surface area contributed by atoms with Crippen molar-refractivity contribution in [2.45, 2.75) is 31.7 Å². The second-order valence-corrected chi connectivity index (χ2v) is 4.48. The molecule has 1 aliphatic rings. The molecule has 1 saturated carbocycles. The number of benzene rings is 1. The predicted octanol–water partition coefficient (Wildman–Crippen LogP) is 4.24. The Morgan fingerprint density at radius 1 is 1.12 bits per heavy atom. The van der Waals surface area contributed by atoms with Crippen molar-refractivity contribution in [1.82, 2.24) is 0 Å². The maximum atomic E-state index is 4.40.